The van der Waals surface area contributed by atoms with Crippen LogP contribution in [-0.2, 0) is 0 Å². The van der Waals surface area contributed by atoms with Gasteiger partial charge in [0.2, 0.25) is 0 Å². The van der Waals surface area contributed by atoms with Gasteiger partial charge >= 0.3 is 0 Å². The lowest BCUT2D eigenvalue weighted by Gasteiger charge is -2.15. The number of nitrogens with one attached hydrogen (secondary N) is 2. The quantitative estimate of drug-likeness (QED) is 0.787. The van der Waals surface area contributed by atoms with Gasteiger partial charge in [0.05, 0.1) is 0 Å². The van der Waals surface area contributed by atoms with Gasteiger partial charge in [-0.3, -0.25) is 4.79 Å². The highest BCUT2D eigenvalue weighted by Gasteiger charge is 2.25. The molecule has 0 spiro atoms. The lowest BCUT2D eigenvalue weighted by atomic mass is 10.2. The monoisotopic (exact) mass is 248 g/mol. The van der Waals surface area contributed by atoms with Crippen molar-refractivity contribution < 1.29 is 4.79 Å². The minimum atomic E-state index is -0.0434. The molecule has 0 radical (unpaired) electrons. The van der Waals surface area contributed by atoms with Gasteiger partial charge < -0.3 is 15.5 Å². The second-order valence-electron chi connectivity index (χ2n) is 4.65. The van der Waals surface area contributed by atoms with Gasteiger partial charge in [0.15, 0.2) is 0 Å². The summed E-state index contributed by atoms with van der Waals surface area (Å²) in [7, 11) is 3.89. The second kappa shape index (κ2) is 5.82. The second-order valence-corrected chi connectivity index (χ2v) is 4.65. The summed E-state index contributed by atoms with van der Waals surface area (Å²) >= 11 is 0. The summed E-state index contributed by atoms with van der Waals surface area (Å²) in [5.41, 5.74) is 0.642. The third kappa shape index (κ3) is 3.43. The van der Waals surface area contributed by atoms with E-state index in [1.807, 2.05) is 0 Å². The van der Waals surface area contributed by atoms with E-state index < -0.39 is 0 Å². The Hall–Kier alpha value is -1.62. The van der Waals surface area contributed by atoms with Crippen molar-refractivity contribution in [2.45, 2.75) is 18.9 Å². The average Bonchev–Trinajstić information content (AvgIpc) is 3.23. The molecule has 98 valence electrons. The van der Waals surface area contributed by atoms with Crippen LogP contribution in [0.4, 0.5) is 5.82 Å². The lowest BCUT2D eigenvalue weighted by molar-refractivity contribution is 0.0949. The SMILES string of the molecule is CNc1cc(C(=O)NCCN(C)C2CC2)ccn1. The highest BCUT2D eigenvalue weighted by atomic mass is 16.1. The van der Waals surface area contributed by atoms with E-state index in [9.17, 15) is 4.79 Å². The van der Waals surface area contributed by atoms with Gasteiger partial charge in [0.25, 0.3) is 5.91 Å². The van der Waals surface area contributed by atoms with Gasteiger partial charge in [-0.1, -0.05) is 0 Å². The molecule has 5 heteroatoms. The third-order valence-electron chi connectivity index (χ3n) is 3.20. The molecule has 0 aliphatic heterocycles. The first-order valence-corrected chi connectivity index (χ1v) is 6.33. The van der Waals surface area contributed by atoms with Gasteiger partial charge in [-0.15, -0.1) is 0 Å². The first-order chi connectivity index (χ1) is 8.70. The summed E-state index contributed by atoms with van der Waals surface area (Å²) in [6, 6.07) is 4.21. The molecule has 0 bridgehead atoms. The predicted octanol–water partition coefficient (Wildman–Crippen LogP) is 0.947. The molecule has 1 amide bonds. The molecule has 2 N–H and O–H groups in total. The van der Waals surface area contributed by atoms with Gasteiger partial charge in [0, 0.05) is 37.9 Å². The fourth-order valence-corrected chi connectivity index (χ4v) is 1.85. The standard InChI is InChI=1S/C13H20N4O/c1-14-12-9-10(5-6-15-12)13(18)16-7-8-17(2)11-3-4-11/h5-6,9,11H,3-4,7-8H2,1-2H3,(H,14,15)(H,16,18). The van der Waals surface area contributed by atoms with Crippen LogP contribution in [0.15, 0.2) is 18.3 Å². The summed E-state index contributed by atoms with van der Waals surface area (Å²) in [4.78, 5) is 18.3. The van der Waals surface area contributed by atoms with Crippen LogP contribution in [0.1, 0.15) is 23.2 Å². The number of nitrogens with zero attached hydrogens (tertiary/aromatic N) is 2. The molecular formula is C13H20N4O. The van der Waals surface area contributed by atoms with Crippen LogP contribution in [0.25, 0.3) is 0 Å². The number of pyridine rings is 1. The summed E-state index contributed by atoms with van der Waals surface area (Å²) in [5.74, 6) is 0.663. The number of carbonyl (C=O) groups is 1. The Morgan fingerprint density at radius 1 is 1.56 bits per heavy atom. The van der Waals surface area contributed by atoms with E-state index in [2.05, 4.69) is 27.6 Å². The topological polar surface area (TPSA) is 57.3 Å². The van der Waals surface area contributed by atoms with Crippen molar-refractivity contribution in [1.82, 2.24) is 15.2 Å². The van der Waals surface area contributed by atoms with E-state index in [4.69, 9.17) is 0 Å². The molecule has 1 fully saturated rings. The Bertz CT molecular complexity index is 417. The molecule has 18 heavy (non-hydrogen) atoms. The molecule has 1 aliphatic carbocycles. The van der Waals surface area contributed by atoms with Crippen molar-refractivity contribution in [1.29, 1.82) is 0 Å². The molecular weight excluding hydrogens is 228 g/mol. The van der Waals surface area contributed by atoms with E-state index >= 15 is 0 Å². The lowest BCUT2D eigenvalue weighted by Crippen LogP contribution is -2.34. The largest absolute Gasteiger partial charge is 0.373 e. The summed E-state index contributed by atoms with van der Waals surface area (Å²) in [5, 5.41) is 5.85. The predicted molar refractivity (Wildman–Crippen MR) is 71.8 cm³/mol. The van der Waals surface area contributed by atoms with Crippen molar-refractivity contribution >= 4 is 11.7 Å². The number of rotatable bonds is 6. The summed E-state index contributed by atoms with van der Waals surface area (Å²) in [6.45, 7) is 1.59. The van der Waals surface area contributed by atoms with E-state index in [1.54, 1.807) is 25.4 Å². The Labute approximate surface area is 108 Å². The Kier molecular flexibility index (Phi) is 4.15. The Balaban J connectivity index is 1.79. The normalized spacial score (nSPS) is 14.6. The molecule has 0 atom stereocenters. The van der Waals surface area contributed by atoms with Crippen LogP contribution in [0.2, 0.25) is 0 Å². The van der Waals surface area contributed by atoms with Crippen LogP contribution in [0.5, 0.6) is 0 Å². The van der Waals surface area contributed by atoms with Crippen LogP contribution >= 0.6 is 0 Å². The Morgan fingerprint density at radius 3 is 3.00 bits per heavy atom. The van der Waals surface area contributed by atoms with Gasteiger partial charge in [-0.25, -0.2) is 4.98 Å². The first kappa shape index (κ1) is 12.8. The molecule has 5 nitrogen and oxygen atoms in total. The maximum absolute atomic E-state index is 11.9. The zero-order valence-corrected chi connectivity index (χ0v) is 10.9. The van der Waals surface area contributed by atoms with E-state index in [1.165, 1.54) is 12.8 Å². The molecule has 2 rings (SSSR count). The zero-order valence-electron chi connectivity index (χ0n) is 10.9. The molecule has 1 aliphatic rings. The minimum absolute atomic E-state index is 0.0434. The fourth-order valence-electron chi connectivity index (χ4n) is 1.85. The van der Waals surface area contributed by atoms with Gasteiger partial charge in [-0.2, -0.15) is 0 Å². The van der Waals surface area contributed by atoms with Crippen molar-refractivity contribution in [2.24, 2.45) is 0 Å². The van der Waals surface area contributed by atoms with Crippen LogP contribution < -0.4 is 10.6 Å². The number of hydrogen-bond donors (Lipinski definition) is 2. The van der Waals surface area contributed by atoms with Crippen molar-refractivity contribution in [3.8, 4) is 0 Å². The third-order valence-corrected chi connectivity index (χ3v) is 3.20. The van der Waals surface area contributed by atoms with Crippen molar-refractivity contribution in [3.05, 3.63) is 23.9 Å². The van der Waals surface area contributed by atoms with E-state index in [-0.39, 0.29) is 5.91 Å². The summed E-state index contributed by atoms with van der Waals surface area (Å²) < 4.78 is 0. The number of hydrogen-bond acceptors (Lipinski definition) is 4. The van der Waals surface area contributed by atoms with Crippen LogP contribution in [0.3, 0.4) is 0 Å². The maximum atomic E-state index is 11.9. The molecule has 1 aromatic heterocycles. The number of amides is 1. The molecule has 1 saturated carbocycles. The van der Waals surface area contributed by atoms with E-state index in [0.717, 1.165) is 12.6 Å². The van der Waals surface area contributed by atoms with E-state index in [0.29, 0.717) is 17.9 Å². The molecule has 1 aromatic rings. The smallest absolute Gasteiger partial charge is 0.251 e. The fraction of sp³-hybridized carbons (Fsp3) is 0.538. The molecule has 0 aromatic carbocycles. The molecule has 1 heterocycles. The maximum Gasteiger partial charge on any atom is 0.251 e. The van der Waals surface area contributed by atoms with Crippen LogP contribution in [0, 0.1) is 0 Å². The van der Waals surface area contributed by atoms with Crippen molar-refractivity contribution in [2.75, 3.05) is 32.5 Å². The first-order valence-electron chi connectivity index (χ1n) is 6.33. The highest BCUT2D eigenvalue weighted by molar-refractivity contribution is 5.94. The Morgan fingerprint density at radius 2 is 2.33 bits per heavy atom. The van der Waals surface area contributed by atoms with Crippen LogP contribution in [-0.4, -0.2) is 49.0 Å². The zero-order chi connectivity index (χ0) is 13.0. The average molecular weight is 248 g/mol. The molecule has 0 saturated heterocycles. The van der Waals surface area contributed by atoms with Gasteiger partial charge in [-0.05, 0) is 32.0 Å². The number of aromatic nitrogens is 1. The van der Waals surface area contributed by atoms with Crippen molar-refractivity contribution in [3.63, 3.8) is 0 Å². The van der Waals surface area contributed by atoms with Gasteiger partial charge in [0.1, 0.15) is 5.82 Å². The summed E-state index contributed by atoms with van der Waals surface area (Å²) in [6.07, 6.45) is 4.22. The number of likely N-dealkylation sites (N-methyl/N-ethyl adjacent to an activating group) is 1. The minimum Gasteiger partial charge on any atom is -0.373 e. The number of anilines is 1. The number of carbonyl (C=O) groups excluding carboxylic acids is 1. The molecule has 0 unspecified atom stereocenters. The highest BCUT2D eigenvalue weighted by Crippen LogP contribution is 2.24.